The van der Waals surface area contributed by atoms with Crippen molar-refractivity contribution >= 4 is 3.87 Å². The van der Waals surface area contributed by atoms with Crippen molar-refractivity contribution in [1.82, 2.24) is 0 Å². The molecule has 0 bridgehead atoms. The van der Waals surface area contributed by atoms with Gasteiger partial charge in [-0.05, 0) is 0 Å². The zero-order valence-corrected chi connectivity index (χ0v) is 11.8. The van der Waals surface area contributed by atoms with Gasteiger partial charge in [0.15, 0.2) is 0 Å². The van der Waals surface area contributed by atoms with Crippen LogP contribution >= 0.6 is 0 Å². The van der Waals surface area contributed by atoms with Gasteiger partial charge in [0, 0.05) is 0 Å². The van der Waals surface area contributed by atoms with Crippen LogP contribution in [0, 0.1) is 0 Å². The summed E-state index contributed by atoms with van der Waals surface area (Å²) in [5, 5.41) is 0. The maximum absolute atomic E-state index is 5.84. The summed E-state index contributed by atoms with van der Waals surface area (Å²) in [4.78, 5) is 0. The Kier molecular flexibility index (Phi) is 6.25. The number of benzene rings is 1. The van der Waals surface area contributed by atoms with Crippen molar-refractivity contribution < 1.29 is 27.7 Å². The first kappa shape index (κ1) is 13.9. The van der Waals surface area contributed by atoms with Crippen LogP contribution in [0.5, 0.6) is 0 Å². The Bertz CT molecular complexity index is 273. The van der Waals surface area contributed by atoms with Gasteiger partial charge >= 0.3 is 103 Å². The number of hydrogen-bond acceptors (Lipinski definition) is 3. The molecule has 0 saturated carbocycles. The van der Waals surface area contributed by atoms with Gasteiger partial charge in [0.25, 0.3) is 0 Å². The first-order chi connectivity index (χ1) is 7.79. The van der Waals surface area contributed by atoms with Crippen LogP contribution in [0.4, 0.5) is 0 Å². The van der Waals surface area contributed by atoms with Gasteiger partial charge in [-0.1, -0.05) is 0 Å². The van der Waals surface area contributed by atoms with Crippen LogP contribution in [0.2, 0.25) is 0 Å². The Labute approximate surface area is 103 Å². The van der Waals surface area contributed by atoms with Crippen molar-refractivity contribution in [3.63, 3.8) is 0 Å². The summed E-state index contributed by atoms with van der Waals surface area (Å²) >= 11 is -3.24. The van der Waals surface area contributed by atoms with Gasteiger partial charge in [0.05, 0.1) is 0 Å². The van der Waals surface area contributed by atoms with Gasteiger partial charge in [-0.15, -0.1) is 0 Å². The first-order valence-electron chi connectivity index (χ1n) is 5.76. The molecule has 0 unspecified atom stereocenters. The molecule has 0 saturated heterocycles. The third-order valence-electron chi connectivity index (χ3n) is 2.13. The third kappa shape index (κ3) is 3.40. The average molecular weight is 260 g/mol. The number of hydrogen-bond donors (Lipinski definition) is 0. The Balaban J connectivity index is 2.99. The van der Waals surface area contributed by atoms with Crippen molar-refractivity contribution in [2.24, 2.45) is 0 Å². The molecule has 1 aromatic rings. The summed E-state index contributed by atoms with van der Waals surface area (Å²) in [7, 11) is 0. The quantitative estimate of drug-likeness (QED) is 0.704. The molecular formula is C12H20O3Ti. The summed E-state index contributed by atoms with van der Waals surface area (Å²) in [6.45, 7) is 7.78. The Morgan fingerprint density at radius 3 is 1.62 bits per heavy atom. The van der Waals surface area contributed by atoms with Crippen molar-refractivity contribution in [1.29, 1.82) is 0 Å². The fourth-order valence-electron chi connectivity index (χ4n) is 1.59. The fraction of sp³-hybridized carbons (Fsp3) is 0.500. The molecule has 3 nitrogen and oxygen atoms in total. The van der Waals surface area contributed by atoms with E-state index in [1.165, 1.54) is 0 Å². The minimum absolute atomic E-state index is 0.620. The fourth-order valence-corrected chi connectivity index (χ4v) is 5.48. The molecule has 0 atom stereocenters. The molecule has 0 aromatic heterocycles. The predicted molar refractivity (Wildman–Crippen MR) is 61.0 cm³/mol. The zero-order valence-electron chi connectivity index (χ0n) is 10.2. The van der Waals surface area contributed by atoms with Gasteiger partial charge < -0.3 is 0 Å². The van der Waals surface area contributed by atoms with E-state index in [1.807, 2.05) is 51.1 Å². The van der Waals surface area contributed by atoms with Gasteiger partial charge in [0.2, 0.25) is 0 Å². The van der Waals surface area contributed by atoms with E-state index in [2.05, 4.69) is 0 Å². The molecule has 0 aliphatic heterocycles. The molecule has 0 fully saturated rings. The molecule has 16 heavy (non-hydrogen) atoms. The third-order valence-corrected chi connectivity index (χ3v) is 6.89. The van der Waals surface area contributed by atoms with E-state index in [9.17, 15) is 0 Å². The van der Waals surface area contributed by atoms with E-state index in [0.717, 1.165) is 3.87 Å². The standard InChI is InChI=1S/C6H5.3C2H5O.Ti/c1-2-4-6-5-3-1;3*1-2-3;/h1-5H;3*2H2,1H3;/q;3*-1;+3. The van der Waals surface area contributed by atoms with Gasteiger partial charge in [-0.3, -0.25) is 0 Å². The summed E-state index contributed by atoms with van der Waals surface area (Å²) < 4.78 is 18.6. The van der Waals surface area contributed by atoms with E-state index in [0.29, 0.717) is 19.8 Å². The zero-order chi connectivity index (χ0) is 11.9. The van der Waals surface area contributed by atoms with E-state index in [-0.39, 0.29) is 0 Å². The summed E-state index contributed by atoms with van der Waals surface area (Å²) in [5.74, 6) is 0. The van der Waals surface area contributed by atoms with Crippen molar-refractivity contribution in [3.8, 4) is 0 Å². The molecule has 0 N–H and O–H groups in total. The SMILES string of the molecule is CC[O][Ti]([O]CC)([O]CC)[c]1ccccc1. The molecule has 0 spiro atoms. The second kappa shape index (κ2) is 7.20. The topological polar surface area (TPSA) is 27.7 Å². The van der Waals surface area contributed by atoms with Crippen LogP contribution < -0.4 is 3.87 Å². The van der Waals surface area contributed by atoms with Crippen molar-refractivity contribution in [2.45, 2.75) is 20.8 Å². The molecule has 1 aromatic carbocycles. The van der Waals surface area contributed by atoms with E-state index in [4.69, 9.17) is 9.96 Å². The van der Waals surface area contributed by atoms with Crippen LogP contribution in [0.1, 0.15) is 20.8 Å². The van der Waals surface area contributed by atoms with Gasteiger partial charge in [0.1, 0.15) is 0 Å². The van der Waals surface area contributed by atoms with Crippen molar-refractivity contribution in [3.05, 3.63) is 30.3 Å². The molecular weight excluding hydrogens is 240 g/mol. The van der Waals surface area contributed by atoms with Crippen LogP contribution in [0.25, 0.3) is 0 Å². The molecule has 0 radical (unpaired) electrons. The number of rotatable bonds is 7. The molecule has 4 heteroatoms. The molecule has 0 aliphatic carbocycles. The summed E-state index contributed by atoms with van der Waals surface area (Å²) in [5.41, 5.74) is 0. The van der Waals surface area contributed by atoms with E-state index >= 15 is 0 Å². The predicted octanol–water partition coefficient (Wildman–Crippen LogP) is 2.32. The monoisotopic (exact) mass is 260 g/mol. The van der Waals surface area contributed by atoms with Crippen LogP contribution in [-0.2, 0) is 27.7 Å². The molecule has 0 aliphatic rings. The van der Waals surface area contributed by atoms with Crippen LogP contribution in [-0.4, -0.2) is 19.8 Å². The second-order valence-electron chi connectivity index (χ2n) is 3.22. The summed E-state index contributed by atoms with van der Waals surface area (Å²) in [6.07, 6.45) is 0. The van der Waals surface area contributed by atoms with E-state index in [1.54, 1.807) is 0 Å². The van der Waals surface area contributed by atoms with Gasteiger partial charge in [-0.25, -0.2) is 0 Å². The normalized spacial score (nSPS) is 11.7. The van der Waals surface area contributed by atoms with Crippen LogP contribution in [0.15, 0.2) is 30.3 Å². The summed E-state index contributed by atoms with van der Waals surface area (Å²) in [6, 6.07) is 10.0. The Hall–Kier alpha value is -0.186. The molecule has 0 heterocycles. The molecule has 0 amide bonds. The average Bonchev–Trinajstić information content (AvgIpc) is 2.31. The maximum atomic E-state index is 5.84. The van der Waals surface area contributed by atoms with Crippen LogP contribution in [0.3, 0.4) is 0 Å². The van der Waals surface area contributed by atoms with Crippen molar-refractivity contribution in [2.75, 3.05) is 19.8 Å². The Morgan fingerprint density at radius 1 is 0.812 bits per heavy atom. The Morgan fingerprint density at radius 2 is 1.25 bits per heavy atom. The van der Waals surface area contributed by atoms with E-state index < -0.39 is 17.8 Å². The minimum atomic E-state index is -3.24. The molecule has 1 rings (SSSR count). The molecule has 90 valence electrons. The first-order valence-corrected chi connectivity index (χ1v) is 8.45. The van der Waals surface area contributed by atoms with Gasteiger partial charge in [-0.2, -0.15) is 0 Å². The second-order valence-corrected chi connectivity index (χ2v) is 7.21.